The average Bonchev–Trinajstić information content (AvgIpc) is 3.07. The summed E-state index contributed by atoms with van der Waals surface area (Å²) in [6.45, 7) is 0.306. The monoisotopic (exact) mass is 299 g/mol. The van der Waals surface area contributed by atoms with E-state index in [-0.39, 0.29) is 11.7 Å². The second-order valence-electron chi connectivity index (χ2n) is 4.24. The van der Waals surface area contributed by atoms with Gasteiger partial charge in [-0.25, -0.2) is 0 Å². The Morgan fingerprint density at radius 2 is 1.90 bits per heavy atom. The molecule has 6 nitrogen and oxygen atoms in total. The highest BCUT2D eigenvalue weighted by molar-refractivity contribution is 5.92. The first-order valence-electron chi connectivity index (χ1n) is 5.92. The summed E-state index contributed by atoms with van der Waals surface area (Å²) in [5.41, 5.74) is 0.824. The largest absolute Gasteiger partial charge is 0.471 e. The van der Waals surface area contributed by atoms with Gasteiger partial charge in [-0.15, -0.1) is 0 Å². The number of halogens is 3. The van der Waals surface area contributed by atoms with E-state index in [0.29, 0.717) is 24.3 Å². The van der Waals surface area contributed by atoms with Crippen LogP contribution in [0, 0.1) is 0 Å². The van der Waals surface area contributed by atoms with Gasteiger partial charge >= 0.3 is 12.1 Å². The van der Waals surface area contributed by atoms with E-state index in [4.69, 9.17) is 4.84 Å². The van der Waals surface area contributed by atoms with E-state index < -0.39 is 12.1 Å². The molecule has 0 bridgehead atoms. The first-order chi connectivity index (χ1) is 9.95. The second-order valence-corrected chi connectivity index (χ2v) is 4.24. The first kappa shape index (κ1) is 13.6. The van der Waals surface area contributed by atoms with Gasteiger partial charge in [0.2, 0.25) is 5.82 Å². The van der Waals surface area contributed by atoms with Crippen molar-refractivity contribution < 1.29 is 27.3 Å². The van der Waals surface area contributed by atoms with E-state index >= 15 is 0 Å². The fourth-order valence-electron chi connectivity index (χ4n) is 1.82. The van der Waals surface area contributed by atoms with E-state index in [9.17, 15) is 18.0 Å². The summed E-state index contributed by atoms with van der Waals surface area (Å²) >= 11 is 0. The molecule has 1 saturated heterocycles. The van der Waals surface area contributed by atoms with Crippen LogP contribution in [0.3, 0.4) is 0 Å². The molecule has 21 heavy (non-hydrogen) atoms. The Morgan fingerprint density at radius 3 is 2.43 bits per heavy atom. The smallest absolute Gasteiger partial charge is 0.329 e. The maximum atomic E-state index is 12.4. The Hall–Kier alpha value is -2.42. The lowest BCUT2D eigenvalue weighted by Crippen LogP contribution is -2.21. The molecule has 110 valence electrons. The summed E-state index contributed by atoms with van der Waals surface area (Å²) in [5, 5.41) is 4.42. The number of nitrogens with zero attached hydrogens (tertiary/aromatic N) is 3. The third-order valence-corrected chi connectivity index (χ3v) is 2.79. The lowest BCUT2D eigenvalue weighted by molar-refractivity contribution is -0.159. The molecule has 1 aromatic carbocycles. The Labute approximate surface area is 116 Å². The predicted octanol–water partition coefficient (Wildman–Crippen LogP) is 2.42. The molecule has 1 amide bonds. The van der Waals surface area contributed by atoms with Crippen LogP contribution >= 0.6 is 0 Å². The molecule has 2 heterocycles. The van der Waals surface area contributed by atoms with Gasteiger partial charge in [-0.3, -0.25) is 9.63 Å². The third-order valence-electron chi connectivity index (χ3n) is 2.79. The minimum atomic E-state index is -4.68. The van der Waals surface area contributed by atoms with Crippen LogP contribution in [0.15, 0.2) is 28.8 Å². The SMILES string of the molecule is O=C1CCON1c1ccc(-c2noc(C(F)(F)F)n2)cc1. The highest BCUT2D eigenvalue weighted by Crippen LogP contribution is 2.30. The van der Waals surface area contributed by atoms with Crippen LogP contribution in [0.1, 0.15) is 12.3 Å². The molecule has 0 radical (unpaired) electrons. The topological polar surface area (TPSA) is 68.5 Å². The fourth-order valence-corrected chi connectivity index (χ4v) is 1.82. The van der Waals surface area contributed by atoms with Crippen molar-refractivity contribution >= 4 is 11.6 Å². The zero-order chi connectivity index (χ0) is 15.0. The van der Waals surface area contributed by atoms with Gasteiger partial charge in [0, 0.05) is 5.56 Å². The van der Waals surface area contributed by atoms with Crippen LogP contribution in [-0.2, 0) is 15.8 Å². The first-order valence-corrected chi connectivity index (χ1v) is 5.92. The molecule has 1 fully saturated rings. The van der Waals surface area contributed by atoms with Crippen molar-refractivity contribution in [2.75, 3.05) is 11.7 Å². The van der Waals surface area contributed by atoms with E-state index in [1.165, 1.54) is 24.3 Å². The summed E-state index contributed by atoms with van der Waals surface area (Å²) in [7, 11) is 0. The van der Waals surface area contributed by atoms with Crippen LogP contribution in [-0.4, -0.2) is 22.7 Å². The normalized spacial score (nSPS) is 15.8. The number of carbonyl (C=O) groups excluding carboxylic acids is 1. The molecule has 0 N–H and O–H groups in total. The molecule has 1 aliphatic heterocycles. The zero-order valence-electron chi connectivity index (χ0n) is 10.4. The van der Waals surface area contributed by atoms with Crippen LogP contribution < -0.4 is 5.06 Å². The number of anilines is 1. The van der Waals surface area contributed by atoms with Crippen molar-refractivity contribution in [2.24, 2.45) is 0 Å². The number of alkyl halides is 3. The van der Waals surface area contributed by atoms with Gasteiger partial charge in [-0.1, -0.05) is 5.16 Å². The van der Waals surface area contributed by atoms with Gasteiger partial charge in [0.25, 0.3) is 5.91 Å². The van der Waals surface area contributed by atoms with Crippen LogP contribution in [0.2, 0.25) is 0 Å². The predicted molar refractivity (Wildman–Crippen MR) is 62.8 cm³/mol. The van der Waals surface area contributed by atoms with Crippen molar-refractivity contribution in [3.8, 4) is 11.4 Å². The van der Waals surface area contributed by atoms with Gasteiger partial charge in [0.1, 0.15) is 0 Å². The van der Waals surface area contributed by atoms with Gasteiger partial charge < -0.3 is 4.52 Å². The Morgan fingerprint density at radius 1 is 1.19 bits per heavy atom. The number of rotatable bonds is 2. The Balaban J connectivity index is 1.84. The molecule has 0 aliphatic carbocycles. The number of amides is 1. The third kappa shape index (κ3) is 2.59. The van der Waals surface area contributed by atoms with Crippen molar-refractivity contribution in [1.82, 2.24) is 10.1 Å². The molecular weight excluding hydrogens is 291 g/mol. The van der Waals surface area contributed by atoms with Gasteiger partial charge in [-0.2, -0.15) is 23.2 Å². The maximum absolute atomic E-state index is 12.4. The molecule has 0 spiro atoms. The van der Waals surface area contributed by atoms with Crippen LogP contribution in [0.25, 0.3) is 11.4 Å². The lowest BCUT2D eigenvalue weighted by atomic mass is 10.2. The Kier molecular flexibility index (Phi) is 3.13. The Bertz CT molecular complexity index is 666. The van der Waals surface area contributed by atoms with Gasteiger partial charge in [0.05, 0.1) is 18.7 Å². The maximum Gasteiger partial charge on any atom is 0.471 e. The molecule has 0 unspecified atom stereocenters. The van der Waals surface area contributed by atoms with Crippen molar-refractivity contribution in [1.29, 1.82) is 0 Å². The summed E-state index contributed by atoms with van der Waals surface area (Å²) in [5.74, 6) is -1.76. The number of carbonyl (C=O) groups is 1. The van der Waals surface area contributed by atoms with E-state index in [1.54, 1.807) is 0 Å². The molecule has 0 atom stereocenters. The standard InChI is InChI=1S/C12H8F3N3O3/c13-12(14,15)11-16-10(17-21-11)7-1-3-8(4-2-7)18-9(19)5-6-20-18/h1-4H,5-6H2. The number of hydrogen-bond acceptors (Lipinski definition) is 5. The van der Waals surface area contributed by atoms with Gasteiger partial charge in [-0.05, 0) is 24.3 Å². The van der Waals surface area contributed by atoms with Crippen molar-refractivity contribution in [3.63, 3.8) is 0 Å². The van der Waals surface area contributed by atoms with E-state index in [2.05, 4.69) is 14.7 Å². The summed E-state index contributed by atoms with van der Waals surface area (Å²) in [6.07, 6.45) is -4.39. The molecule has 2 aromatic rings. The van der Waals surface area contributed by atoms with Crippen molar-refractivity contribution in [3.05, 3.63) is 30.2 Å². The minimum absolute atomic E-state index is 0.178. The lowest BCUT2D eigenvalue weighted by Gasteiger charge is -2.13. The molecule has 1 aromatic heterocycles. The number of hydroxylamine groups is 1. The summed E-state index contributed by atoms with van der Waals surface area (Å²) in [4.78, 5) is 19.9. The molecule has 1 aliphatic rings. The number of benzene rings is 1. The van der Waals surface area contributed by atoms with E-state index in [1.807, 2.05) is 0 Å². The zero-order valence-corrected chi connectivity index (χ0v) is 10.4. The van der Waals surface area contributed by atoms with Crippen LogP contribution in [0.5, 0.6) is 0 Å². The van der Waals surface area contributed by atoms with Gasteiger partial charge in [0.15, 0.2) is 0 Å². The number of hydrogen-bond donors (Lipinski definition) is 0. The highest BCUT2D eigenvalue weighted by atomic mass is 19.4. The highest BCUT2D eigenvalue weighted by Gasteiger charge is 2.38. The average molecular weight is 299 g/mol. The van der Waals surface area contributed by atoms with Crippen LogP contribution in [0.4, 0.5) is 18.9 Å². The van der Waals surface area contributed by atoms with Crippen molar-refractivity contribution in [2.45, 2.75) is 12.6 Å². The fraction of sp³-hybridized carbons (Fsp3) is 0.250. The second kappa shape index (κ2) is 4.85. The number of aromatic nitrogens is 2. The molecule has 0 saturated carbocycles. The molecular formula is C12H8F3N3O3. The summed E-state index contributed by atoms with van der Waals surface area (Å²) < 4.78 is 41.3. The molecule has 9 heteroatoms. The van der Waals surface area contributed by atoms with E-state index in [0.717, 1.165) is 5.06 Å². The summed E-state index contributed by atoms with van der Waals surface area (Å²) in [6, 6.07) is 6.02. The molecule has 3 rings (SSSR count). The quantitative estimate of drug-likeness (QED) is 0.852. The minimum Gasteiger partial charge on any atom is -0.329 e.